The molecule has 0 unspecified atom stereocenters. The lowest BCUT2D eigenvalue weighted by Crippen LogP contribution is -2.41. The van der Waals surface area contributed by atoms with Crippen molar-refractivity contribution >= 4 is 23.2 Å². The first-order valence-corrected chi connectivity index (χ1v) is 9.60. The van der Waals surface area contributed by atoms with E-state index in [1.807, 2.05) is 24.3 Å². The number of hydrazine groups is 1. The van der Waals surface area contributed by atoms with E-state index in [2.05, 4.69) is 10.9 Å². The van der Waals surface area contributed by atoms with E-state index in [1.54, 1.807) is 24.3 Å². The molecule has 4 rings (SSSR count). The van der Waals surface area contributed by atoms with Crippen LogP contribution in [0.25, 0.3) is 10.4 Å². The Balaban J connectivity index is 1.46. The minimum absolute atomic E-state index is 0.329. The van der Waals surface area contributed by atoms with Gasteiger partial charge in [-0.2, -0.15) is 0 Å². The van der Waals surface area contributed by atoms with Crippen LogP contribution in [0.4, 0.5) is 0 Å². The fraction of sp³-hybridized carbons (Fsp3) is 0.143. The number of para-hydroxylation sites is 1. The second kappa shape index (κ2) is 7.84. The molecular formula is C21H18N2O5S. The van der Waals surface area contributed by atoms with Gasteiger partial charge >= 0.3 is 0 Å². The van der Waals surface area contributed by atoms with E-state index in [0.29, 0.717) is 28.5 Å². The summed E-state index contributed by atoms with van der Waals surface area (Å²) in [7, 11) is 3.00. The Morgan fingerprint density at radius 2 is 1.72 bits per heavy atom. The third-order valence-corrected chi connectivity index (χ3v) is 5.69. The normalized spacial score (nSPS) is 11.5. The van der Waals surface area contributed by atoms with Crippen LogP contribution >= 0.6 is 11.3 Å². The van der Waals surface area contributed by atoms with Gasteiger partial charge in [0.2, 0.25) is 0 Å². The number of benzene rings is 2. The van der Waals surface area contributed by atoms with Gasteiger partial charge in [-0.15, -0.1) is 11.3 Å². The molecule has 8 heteroatoms. The predicted octanol–water partition coefficient (Wildman–Crippen LogP) is 3.40. The van der Waals surface area contributed by atoms with E-state index in [1.165, 1.54) is 25.6 Å². The van der Waals surface area contributed by atoms with Crippen LogP contribution in [0.3, 0.4) is 0 Å². The molecule has 1 aliphatic rings. The van der Waals surface area contributed by atoms with Crippen LogP contribution in [0.5, 0.6) is 17.2 Å². The quantitative estimate of drug-likeness (QED) is 0.644. The first-order chi connectivity index (χ1) is 14.1. The Bertz CT molecular complexity index is 1090. The number of hydrogen-bond acceptors (Lipinski definition) is 6. The van der Waals surface area contributed by atoms with Crippen LogP contribution in [-0.2, 0) is 6.61 Å². The summed E-state index contributed by atoms with van der Waals surface area (Å²) in [4.78, 5) is 26.4. The first kappa shape index (κ1) is 18.8. The number of ether oxygens (including phenoxy) is 3. The van der Waals surface area contributed by atoms with E-state index >= 15 is 0 Å². The van der Waals surface area contributed by atoms with Crippen LogP contribution in [0, 0.1) is 0 Å². The molecule has 0 bridgehead atoms. The Morgan fingerprint density at radius 1 is 0.966 bits per heavy atom. The number of nitrogens with one attached hydrogen (secondary N) is 2. The third-order valence-electron chi connectivity index (χ3n) is 4.48. The maximum atomic E-state index is 12.5. The molecule has 0 fully saturated rings. The number of carbonyl (C=O) groups excluding carboxylic acids is 2. The molecule has 0 aliphatic carbocycles. The number of amides is 2. The van der Waals surface area contributed by atoms with Crippen molar-refractivity contribution in [1.82, 2.24) is 10.9 Å². The summed E-state index contributed by atoms with van der Waals surface area (Å²) in [6.45, 7) is 0.411. The largest absolute Gasteiger partial charge is 0.493 e. The number of thiophene rings is 1. The Hall–Kier alpha value is -3.52. The third kappa shape index (κ3) is 3.62. The number of hydrogen-bond donors (Lipinski definition) is 2. The summed E-state index contributed by atoms with van der Waals surface area (Å²) in [5.74, 6) is 0.886. The van der Waals surface area contributed by atoms with Gasteiger partial charge in [-0.1, -0.05) is 12.1 Å². The molecule has 29 heavy (non-hydrogen) atoms. The van der Waals surface area contributed by atoms with Gasteiger partial charge in [0, 0.05) is 21.6 Å². The van der Waals surface area contributed by atoms with E-state index in [9.17, 15) is 9.59 Å². The summed E-state index contributed by atoms with van der Waals surface area (Å²) >= 11 is 1.36. The molecule has 2 N–H and O–H groups in total. The lowest BCUT2D eigenvalue weighted by molar-refractivity contribution is 0.0848. The molecule has 1 aliphatic heterocycles. The monoisotopic (exact) mass is 410 g/mol. The zero-order chi connectivity index (χ0) is 20.4. The maximum absolute atomic E-state index is 12.5. The Kier molecular flexibility index (Phi) is 5.09. The molecule has 0 spiro atoms. The molecule has 0 radical (unpaired) electrons. The average Bonchev–Trinajstić information content (AvgIpc) is 3.21. The van der Waals surface area contributed by atoms with Crippen molar-refractivity contribution in [3.63, 3.8) is 0 Å². The van der Waals surface area contributed by atoms with Crippen molar-refractivity contribution in [1.29, 1.82) is 0 Å². The topological polar surface area (TPSA) is 85.9 Å². The fourth-order valence-corrected chi connectivity index (χ4v) is 4.13. The average molecular weight is 410 g/mol. The van der Waals surface area contributed by atoms with Crippen LogP contribution in [-0.4, -0.2) is 26.0 Å². The zero-order valence-corrected chi connectivity index (χ0v) is 16.6. The Labute approximate surface area is 171 Å². The highest BCUT2D eigenvalue weighted by molar-refractivity contribution is 7.17. The molecule has 0 atom stereocenters. The van der Waals surface area contributed by atoms with Gasteiger partial charge in [0.25, 0.3) is 11.8 Å². The van der Waals surface area contributed by atoms with Crippen molar-refractivity contribution in [3.05, 3.63) is 64.5 Å². The SMILES string of the molecule is COc1ccc(C(=O)NNC(=O)c2cc3c(s2)-c2ccccc2OC3)cc1OC. The molecule has 7 nitrogen and oxygen atoms in total. The van der Waals surface area contributed by atoms with Gasteiger partial charge < -0.3 is 14.2 Å². The second-order valence-corrected chi connectivity index (χ2v) is 7.28. The lowest BCUT2D eigenvalue weighted by atomic mass is 10.1. The zero-order valence-electron chi connectivity index (χ0n) is 15.8. The first-order valence-electron chi connectivity index (χ1n) is 8.78. The molecule has 0 saturated carbocycles. The number of carbonyl (C=O) groups is 2. The number of fused-ring (bicyclic) bond motifs is 3. The highest BCUT2D eigenvalue weighted by Gasteiger charge is 2.22. The van der Waals surface area contributed by atoms with E-state index in [0.717, 1.165) is 21.8 Å². The van der Waals surface area contributed by atoms with Crippen molar-refractivity contribution in [2.75, 3.05) is 14.2 Å². The molecule has 1 aromatic heterocycles. The van der Waals surface area contributed by atoms with Gasteiger partial charge in [-0.05, 0) is 36.4 Å². The Morgan fingerprint density at radius 3 is 2.52 bits per heavy atom. The van der Waals surface area contributed by atoms with Crippen molar-refractivity contribution in [3.8, 4) is 27.7 Å². The number of methoxy groups -OCH3 is 2. The summed E-state index contributed by atoms with van der Waals surface area (Å²) in [6.07, 6.45) is 0. The van der Waals surface area contributed by atoms with Crippen molar-refractivity contribution < 1.29 is 23.8 Å². The van der Waals surface area contributed by atoms with Gasteiger partial charge in [0.15, 0.2) is 11.5 Å². The minimum atomic E-state index is -0.464. The second-order valence-electron chi connectivity index (χ2n) is 6.23. The molecule has 2 amide bonds. The van der Waals surface area contributed by atoms with E-state index < -0.39 is 11.8 Å². The molecule has 2 aromatic carbocycles. The minimum Gasteiger partial charge on any atom is -0.493 e. The molecule has 0 saturated heterocycles. The maximum Gasteiger partial charge on any atom is 0.279 e. The summed E-state index contributed by atoms with van der Waals surface area (Å²) < 4.78 is 16.1. The molecule has 3 aromatic rings. The van der Waals surface area contributed by atoms with Crippen molar-refractivity contribution in [2.45, 2.75) is 6.61 Å². The summed E-state index contributed by atoms with van der Waals surface area (Å²) in [5.41, 5.74) is 7.13. The standard InChI is InChI=1S/C21H18N2O5S/c1-26-16-8-7-12(9-17(16)27-2)20(24)22-23-21(25)18-10-13-11-28-15-6-4-3-5-14(15)19(13)29-18/h3-10H,11H2,1-2H3,(H,22,24)(H,23,25). The van der Waals surface area contributed by atoms with Crippen molar-refractivity contribution in [2.24, 2.45) is 0 Å². The van der Waals surface area contributed by atoms with Gasteiger partial charge in [-0.25, -0.2) is 0 Å². The summed E-state index contributed by atoms with van der Waals surface area (Å²) in [5, 5.41) is 0. The highest BCUT2D eigenvalue weighted by atomic mass is 32.1. The smallest absolute Gasteiger partial charge is 0.279 e. The fourth-order valence-electron chi connectivity index (χ4n) is 3.04. The van der Waals surface area contributed by atoms with Crippen LogP contribution in [0.2, 0.25) is 0 Å². The molecule has 148 valence electrons. The predicted molar refractivity (Wildman–Crippen MR) is 109 cm³/mol. The van der Waals surface area contributed by atoms with Crippen LogP contribution < -0.4 is 25.1 Å². The number of rotatable bonds is 4. The van der Waals surface area contributed by atoms with Gasteiger partial charge in [0.05, 0.1) is 19.1 Å². The van der Waals surface area contributed by atoms with Crippen LogP contribution in [0.15, 0.2) is 48.5 Å². The summed E-state index contributed by atoms with van der Waals surface area (Å²) in [6, 6.07) is 14.2. The van der Waals surface area contributed by atoms with E-state index in [-0.39, 0.29) is 0 Å². The van der Waals surface area contributed by atoms with Gasteiger partial charge in [-0.3, -0.25) is 20.4 Å². The van der Waals surface area contributed by atoms with Crippen LogP contribution in [0.1, 0.15) is 25.6 Å². The highest BCUT2D eigenvalue weighted by Crippen LogP contribution is 2.42. The van der Waals surface area contributed by atoms with Gasteiger partial charge in [0.1, 0.15) is 12.4 Å². The molecule has 2 heterocycles. The lowest BCUT2D eigenvalue weighted by Gasteiger charge is -2.16. The molecular weight excluding hydrogens is 392 g/mol. The van der Waals surface area contributed by atoms with E-state index in [4.69, 9.17) is 14.2 Å².